The number of fused-ring (bicyclic) bond motifs is 1. The van der Waals surface area contributed by atoms with Crippen molar-refractivity contribution in [1.82, 2.24) is 9.88 Å². The number of aromatic nitrogens is 1. The second kappa shape index (κ2) is 4.96. The van der Waals surface area contributed by atoms with Crippen LogP contribution in [0.5, 0.6) is 0 Å². The van der Waals surface area contributed by atoms with Gasteiger partial charge in [-0.05, 0) is 44.0 Å². The Morgan fingerprint density at radius 3 is 3.22 bits per heavy atom. The molecule has 2 N–H and O–H groups in total. The van der Waals surface area contributed by atoms with Crippen LogP contribution in [-0.4, -0.2) is 29.0 Å². The van der Waals surface area contributed by atoms with Gasteiger partial charge in [0.05, 0.1) is 15.2 Å². The first-order valence-electron chi connectivity index (χ1n) is 6.55. The molecular weight excluding hydrogens is 242 g/mol. The zero-order valence-corrected chi connectivity index (χ0v) is 11.5. The van der Waals surface area contributed by atoms with Crippen molar-refractivity contribution in [1.29, 1.82) is 0 Å². The third kappa shape index (κ3) is 2.55. The highest BCUT2D eigenvalue weighted by atomic mass is 32.1. The Morgan fingerprint density at radius 2 is 2.39 bits per heavy atom. The average molecular weight is 261 g/mol. The molecule has 0 amide bonds. The maximum absolute atomic E-state index is 6.02. The molecule has 4 heteroatoms. The highest BCUT2D eigenvalue weighted by Crippen LogP contribution is 2.23. The summed E-state index contributed by atoms with van der Waals surface area (Å²) in [6.07, 6.45) is 2.40. The van der Waals surface area contributed by atoms with Crippen molar-refractivity contribution in [3.8, 4) is 0 Å². The summed E-state index contributed by atoms with van der Waals surface area (Å²) < 4.78 is 1.30. The van der Waals surface area contributed by atoms with Crippen LogP contribution >= 0.6 is 11.3 Å². The van der Waals surface area contributed by atoms with E-state index in [1.807, 2.05) is 0 Å². The van der Waals surface area contributed by atoms with E-state index in [1.54, 1.807) is 11.3 Å². The number of aryl methyl sites for hydroxylation is 1. The molecule has 96 valence electrons. The number of rotatable bonds is 2. The fourth-order valence-corrected chi connectivity index (χ4v) is 3.57. The van der Waals surface area contributed by atoms with Gasteiger partial charge < -0.3 is 5.73 Å². The molecule has 18 heavy (non-hydrogen) atoms. The molecule has 3 rings (SSSR count). The topological polar surface area (TPSA) is 42.2 Å². The second-order valence-corrected chi connectivity index (χ2v) is 6.41. The molecule has 3 nitrogen and oxygen atoms in total. The summed E-state index contributed by atoms with van der Waals surface area (Å²) in [7, 11) is 0. The monoisotopic (exact) mass is 261 g/mol. The largest absolute Gasteiger partial charge is 0.327 e. The lowest BCUT2D eigenvalue weighted by molar-refractivity contribution is 0.201. The standard InChI is InChI=1S/C14H19N3S/c1-10-16-13-5-4-11(7-14(13)18-10)8-17-6-2-3-12(15)9-17/h4-5,7,12H,2-3,6,8-9,15H2,1H3/t12-/m1/s1. The Morgan fingerprint density at radius 1 is 1.50 bits per heavy atom. The number of nitrogens with zero attached hydrogens (tertiary/aromatic N) is 2. The minimum atomic E-state index is 0.355. The fourth-order valence-electron chi connectivity index (χ4n) is 2.68. The highest BCUT2D eigenvalue weighted by Gasteiger charge is 2.16. The van der Waals surface area contributed by atoms with Crippen molar-refractivity contribution < 1.29 is 0 Å². The Kier molecular flexibility index (Phi) is 3.33. The van der Waals surface area contributed by atoms with E-state index in [1.165, 1.54) is 29.6 Å². The summed E-state index contributed by atoms with van der Waals surface area (Å²) in [6.45, 7) is 5.28. The molecular formula is C14H19N3S. The van der Waals surface area contributed by atoms with E-state index in [0.29, 0.717) is 6.04 Å². The van der Waals surface area contributed by atoms with Crippen LogP contribution in [0.1, 0.15) is 23.4 Å². The minimum absolute atomic E-state index is 0.355. The molecule has 1 atom stereocenters. The van der Waals surface area contributed by atoms with Crippen molar-refractivity contribution in [2.24, 2.45) is 5.73 Å². The first kappa shape index (κ1) is 12.1. The molecule has 0 bridgehead atoms. The molecule has 1 aliphatic heterocycles. The first-order valence-corrected chi connectivity index (χ1v) is 7.36. The lowest BCUT2D eigenvalue weighted by Crippen LogP contribution is -2.42. The van der Waals surface area contributed by atoms with E-state index < -0.39 is 0 Å². The first-order chi connectivity index (χ1) is 8.70. The van der Waals surface area contributed by atoms with E-state index in [4.69, 9.17) is 5.73 Å². The summed E-state index contributed by atoms with van der Waals surface area (Å²) in [5.41, 5.74) is 8.52. The van der Waals surface area contributed by atoms with Gasteiger partial charge >= 0.3 is 0 Å². The lowest BCUT2D eigenvalue weighted by Gasteiger charge is -2.30. The third-order valence-electron chi connectivity index (χ3n) is 3.51. The molecule has 0 unspecified atom stereocenters. The van der Waals surface area contributed by atoms with Gasteiger partial charge in [-0.1, -0.05) is 6.07 Å². The molecule has 0 aliphatic carbocycles. The van der Waals surface area contributed by atoms with Crippen LogP contribution in [0.4, 0.5) is 0 Å². The highest BCUT2D eigenvalue weighted by molar-refractivity contribution is 7.18. The Bertz CT molecular complexity index is 549. The normalized spacial score (nSPS) is 21.6. The van der Waals surface area contributed by atoms with E-state index in [-0.39, 0.29) is 0 Å². The predicted octanol–water partition coefficient (Wildman–Crippen LogP) is 2.53. The lowest BCUT2D eigenvalue weighted by atomic mass is 10.1. The Labute approximate surface area is 112 Å². The molecule has 1 aliphatic rings. The molecule has 0 saturated carbocycles. The van der Waals surface area contributed by atoms with E-state index >= 15 is 0 Å². The van der Waals surface area contributed by atoms with Gasteiger partial charge in [0.2, 0.25) is 0 Å². The molecule has 1 aromatic heterocycles. The van der Waals surface area contributed by atoms with Gasteiger partial charge in [-0.2, -0.15) is 0 Å². The quantitative estimate of drug-likeness (QED) is 0.903. The number of piperidine rings is 1. The van der Waals surface area contributed by atoms with Gasteiger partial charge in [0.1, 0.15) is 0 Å². The Balaban J connectivity index is 1.77. The van der Waals surface area contributed by atoms with Crippen molar-refractivity contribution in [3.05, 3.63) is 28.8 Å². The van der Waals surface area contributed by atoms with E-state index in [2.05, 4.69) is 35.0 Å². The SMILES string of the molecule is Cc1nc2ccc(CN3CCC[C@@H](N)C3)cc2s1. The summed E-state index contributed by atoms with van der Waals surface area (Å²) in [5, 5.41) is 1.14. The molecule has 2 heterocycles. The van der Waals surface area contributed by atoms with Crippen molar-refractivity contribution >= 4 is 21.6 Å². The fraction of sp³-hybridized carbons (Fsp3) is 0.500. The van der Waals surface area contributed by atoms with Crippen LogP contribution in [0.2, 0.25) is 0 Å². The van der Waals surface area contributed by atoms with Crippen molar-refractivity contribution in [3.63, 3.8) is 0 Å². The summed E-state index contributed by atoms with van der Waals surface area (Å²) in [6, 6.07) is 6.97. The summed E-state index contributed by atoms with van der Waals surface area (Å²) >= 11 is 1.77. The second-order valence-electron chi connectivity index (χ2n) is 5.17. The van der Waals surface area contributed by atoms with Crippen LogP contribution in [0.15, 0.2) is 18.2 Å². The third-order valence-corrected chi connectivity index (χ3v) is 4.44. The molecule has 1 fully saturated rings. The van der Waals surface area contributed by atoms with Gasteiger partial charge in [0.25, 0.3) is 0 Å². The number of benzene rings is 1. The van der Waals surface area contributed by atoms with Crippen LogP contribution in [0.25, 0.3) is 10.2 Å². The van der Waals surface area contributed by atoms with Crippen molar-refractivity contribution in [2.75, 3.05) is 13.1 Å². The molecule has 1 aromatic carbocycles. The van der Waals surface area contributed by atoms with Gasteiger partial charge in [-0.3, -0.25) is 4.90 Å². The zero-order valence-electron chi connectivity index (χ0n) is 10.7. The van der Waals surface area contributed by atoms with E-state index in [0.717, 1.165) is 23.6 Å². The molecule has 2 aromatic rings. The molecule has 1 saturated heterocycles. The molecule has 0 spiro atoms. The number of hydrogen-bond donors (Lipinski definition) is 1. The minimum Gasteiger partial charge on any atom is -0.327 e. The Hall–Kier alpha value is -0.970. The predicted molar refractivity (Wildman–Crippen MR) is 76.8 cm³/mol. The smallest absolute Gasteiger partial charge is 0.0907 e. The summed E-state index contributed by atoms with van der Waals surface area (Å²) in [5.74, 6) is 0. The zero-order chi connectivity index (χ0) is 12.5. The number of thiazole rings is 1. The van der Waals surface area contributed by atoms with E-state index in [9.17, 15) is 0 Å². The number of likely N-dealkylation sites (tertiary alicyclic amines) is 1. The number of nitrogens with two attached hydrogens (primary N) is 1. The number of hydrogen-bond acceptors (Lipinski definition) is 4. The average Bonchev–Trinajstić information content (AvgIpc) is 2.68. The summed E-state index contributed by atoms with van der Waals surface area (Å²) in [4.78, 5) is 6.96. The van der Waals surface area contributed by atoms with Gasteiger partial charge in [0, 0.05) is 19.1 Å². The van der Waals surface area contributed by atoms with Crippen LogP contribution in [0.3, 0.4) is 0 Å². The van der Waals surface area contributed by atoms with Gasteiger partial charge in [-0.25, -0.2) is 4.98 Å². The van der Waals surface area contributed by atoms with Crippen LogP contribution in [-0.2, 0) is 6.54 Å². The van der Waals surface area contributed by atoms with Crippen LogP contribution < -0.4 is 5.73 Å². The molecule has 0 radical (unpaired) electrons. The van der Waals surface area contributed by atoms with Gasteiger partial charge in [0.15, 0.2) is 0 Å². The van der Waals surface area contributed by atoms with Crippen molar-refractivity contribution in [2.45, 2.75) is 32.4 Å². The van der Waals surface area contributed by atoms with Crippen LogP contribution in [0, 0.1) is 6.92 Å². The maximum Gasteiger partial charge on any atom is 0.0907 e. The van der Waals surface area contributed by atoms with Gasteiger partial charge in [-0.15, -0.1) is 11.3 Å². The maximum atomic E-state index is 6.02.